The molecular formula is C15H24N2O3. The second-order valence-corrected chi connectivity index (χ2v) is 5.18. The van der Waals surface area contributed by atoms with Gasteiger partial charge in [0.15, 0.2) is 0 Å². The van der Waals surface area contributed by atoms with Crippen molar-refractivity contribution in [3.05, 3.63) is 29.8 Å². The number of benzene rings is 1. The Bertz CT molecular complexity index is 418. The van der Waals surface area contributed by atoms with Crippen LogP contribution < -0.4 is 0 Å². The second kappa shape index (κ2) is 7.87. The zero-order valence-corrected chi connectivity index (χ0v) is 12.4. The first-order valence-electron chi connectivity index (χ1n) is 6.83. The van der Waals surface area contributed by atoms with Gasteiger partial charge in [0, 0.05) is 19.1 Å². The van der Waals surface area contributed by atoms with E-state index >= 15 is 0 Å². The minimum absolute atomic E-state index is 0.0211. The lowest BCUT2D eigenvalue weighted by atomic mass is 10.0. The normalized spacial score (nSPS) is 12.8. The van der Waals surface area contributed by atoms with E-state index in [-0.39, 0.29) is 18.3 Å². The number of carbonyl (C=O) groups is 1. The van der Waals surface area contributed by atoms with Gasteiger partial charge < -0.3 is 15.1 Å². The lowest BCUT2D eigenvalue weighted by Gasteiger charge is -2.31. The molecule has 1 rings (SSSR count). The second-order valence-electron chi connectivity index (χ2n) is 5.18. The number of aliphatic carboxylic acids is 1. The number of phenols is 1. The fourth-order valence-electron chi connectivity index (χ4n) is 2.25. The predicted octanol–water partition coefficient (Wildman–Crippen LogP) is 1.79. The summed E-state index contributed by atoms with van der Waals surface area (Å²) in [6.45, 7) is 3.57. The Morgan fingerprint density at radius 1 is 1.20 bits per heavy atom. The summed E-state index contributed by atoms with van der Waals surface area (Å²) in [5.41, 5.74) is 1.03. The summed E-state index contributed by atoms with van der Waals surface area (Å²) >= 11 is 0. The third-order valence-corrected chi connectivity index (χ3v) is 3.28. The van der Waals surface area contributed by atoms with Crippen molar-refractivity contribution in [3.63, 3.8) is 0 Å². The topological polar surface area (TPSA) is 64.0 Å². The van der Waals surface area contributed by atoms with Gasteiger partial charge in [-0.15, -0.1) is 0 Å². The van der Waals surface area contributed by atoms with Gasteiger partial charge in [0.2, 0.25) is 0 Å². The maximum atomic E-state index is 11.1. The van der Waals surface area contributed by atoms with Gasteiger partial charge >= 0.3 is 5.97 Å². The first-order chi connectivity index (χ1) is 9.43. The van der Waals surface area contributed by atoms with Crippen LogP contribution in [0.15, 0.2) is 24.3 Å². The van der Waals surface area contributed by atoms with Crippen LogP contribution in [0.3, 0.4) is 0 Å². The quantitative estimate of drug-likeness (QED) is 0.760. The summed E-state index contributed by atoms with van der Waals surface area (Å²) in [5.74, 6) is -0.595. The Hall–Kier alpha value is -1.59. The lowest BCUT2D eigenvalue weighted by Crippen LogP contribution is -2.38. The Kier molecular flexibility index (Phi) is 6.48. The lowest BCUT2D eigenvalue weighted by molar-refractivity contribution is -0.139. The predicted molar refractivity (Wildman–Crippen MR) is 78.9 cm³/mol. The van der Waals surface area contributed by atoms with Crippen molar-refractivity contribution in [2.24, 2.45) is 0 Å². The fraction of sp³-hybridized carbons (Fsp3) is 0.533. The van der Waals surface area contributed by atoms with Crippen molar-refractivity contribution in [2.75, 3.05) is 33.7 Å². The molecule has 0 amide bonds. The Labute approximate surface area is 120 Å². The molecule has 5 nitrogen and oxygen atoms in total. The van der Waals surface area contributed by atoms with Crippen molar-refractivity contribution in [1.29, 1.82) is 0 Å². The maximum absolute atomic E-state index is 11.1. The summed E-state index contributed by atoms with van der Waals surface area (Å²) in [5, 5.41) is 18.4. The third-order valence-electron chi connectivity index (χ3n) is 3.28. The average molecular weight is 280 g/mol. The molecule has 1 atom stereocenters. The molecule has 0 saturated carbocycles. The van der Waals surface area contributed by atoms with Crippen LogP contribution in [0.1, 0.15) is 24.9 Å². The molecule has 0 bridgehead atoms. The maximum Gasteiger partial charge on any atom is 0.317 e. The van der Waals surface area contributed by atoms with Crippen molar-refractivity contribution >= 4 is 5.97 Å². The van der Waals surface area contributed by atoms with Gasteiger partial charge in [-0.2, -0.15) is 0 Å². The van der Waals surface area contributed by atoms with E-state index in [9.17, 15) is 9.90 Å². The molecule has 5 heteroatoms. The van der Waals surface area contributed by atoms with E-state index in [2.05, 4.69) is 0 Å². The van der Waals surface area contributed by atoms with E-state index in [1.165, 1.54) is 0 Å². The van der Waals surface area contributed by atoms with Crippen LogP contribution in [-0.4, -0.2) is 59.7 Å². The van der Waals surface area contributed by atoms with Crippen LogP contribution in [0, 0.1) is 0 Å². The van der Waals surface area contributed by atoms with Gasteiger partial charge in [0.1, 0.15) is 5.75 Å². The molecular weight excluding hydrogens is 256 g/mol. The van der Waals surface area contributed by atoms with E-state index in [0.717, 1.165) is 18.5 Å². The Balaban J connectivity index is 2.88. The number of carboxylic acids is 1. The Morgan fingerprint density at radius 3 is 2.25 bits per heavy atom. The molecule has 0 fully saturated rings. The molecule has 0 aliphatic rings. The van der Waals surface area contributed by atoms with Crippen LogP contribution >= 0.6 is 0 Å². The largest absolute Gasteiger partial charge is 0.508 e. The van der Waals surface area contributed by atoms with Crippen molar-refractivity contribution < 1.29 is 15.0 Å². The van der Waals surface area contributed by atoms with Gasteiger partial charge in [-0.05, 0) is 38.2 Å². The van der Waals surface area contributed by atoms with Gasteiger partial charge in [0.25, 0.3) is 0 Å². The van der Waals surface area contributed by atoms with E-state index in [1.54, 1.807) is 12.1 Å². The number of phenolic OH excluding ortho intramolecular Hbond substituents is 1. The fourth-order valence-corrected chi connectivity index (χ4v) is 2.25. The highest BCUT2D eigenvalue weighted by Crippen LogP contribution is 2.25. The molecule has 0 aliphatic carbocycles. The van der Waals surface area contributed by atoms with Crippen LogP contribution in [0.2, 0.25) is 0 Å². The number of likely N-dealkylation sites (N-methyl/N-ethyl adjacent to an activating group) is 1. The van der Waals surface area contributed by atoms with Gasteiger partial charge in [-0.25, -0.2) is 0 Å². The zero-order valence-electron chi connectivity index (χ0n) is 12.4. The third kappa shape index (κ3) is 5.19. The summed E-state index contributed by atoms with van der Waals surface area (Å²) in [4.78, 5) is 15.1. The molecule has 2 N–H and O–H groups in total. The smallest absolute Gasteiger partial charge is 0.317 e. The van der Waals surface area contributed by atoms with Crippen LogP contribution in [-0.2, 0) is 4.79 Å². The van der Waals surface area contributed by atoms with Crippen LogP contribution in [0.5, 0.6) is 5.75 Å². The molecule has 1 aromatic rings. The van der Waals surface area contributed by atoms with E-state index in [1.807, 2.05) is 43.0 Å². The first-order valence-corrected chi connectivity index (χ1v) is 6.83. The van der Waals surface area contributed by atoms with Crippen molar-refractivity contribution in [3.8, 4) is 5.75 Å². The highest BCUT2D eigenvalue weighted by Gasteiger charge is 2.21. The Morgan fingerprint density at radius 2 is 1.80 bits per heavy atom. The minimum atomic E-state index is -0.819. The zero-order chi connectivity index (χ0) is 15.1. The number of hydrogen-bond acceptors (Lipinski definition) is 4. The molecule has 0 heterocycles. The number of nitrogens with zero attached hydrogens (tertiary/aromatic N) is 2. The standard InChI is InChI=1S/C15H24N2O3/c1-4-14(12-5-7-13(18)8-6-12)17(11-15(19)20)10-9-16(2)3/h5-8,14,18H,4,9-11H2,1-3H3,(H,19,20). The molecule has 0 aromatic heterocycles. The minimum Gasteiger partial charge on any atom is -0.508 e. The number of aromatic hydroxyl groups is 1. The molecule has 0 spiro atoms. The first kappa shape index (κ1) is 16.5. The summed E-state index contributed by atoms with van der Waals surface area (Å²) in [6, 6.07) is 7.04. The summed E-state index contributed by atoms with van der Waals surface area (Å²) in [6.07, 6.45) is 0.825. The molecule has 0 saturated heterocycles. The van der Waals surface area contributed by atoms with E-state index < -0.39 is 5.97 Å². The van der Waals surface area contributed by atoms with Crippen molar-refractivity contribution in [2.45, 2.75) is 19.4 Å². The summed E-state index contributed by atoms with van der Waals surface area (Å²) < 4.78 is 0. The van der Waals surface area contributed by atoms with E-state index in [0.29, 0.717) is 6.54 Å². The number of rotatable bonds is 8. The SMILES string of the molecule is CCC(c1ccc(O)cc1)N(CCN(C)C)CC(=O)O. The molecule has 0 radical (unpaired) electrons. The van der Waals surface area contributed by atoms with Crippen LogP contribution in [0.25, 0.3) is 0 Å². The molecule has 20 heavy (non-hydrogen) atoms. The van der Waals surface area contributed by atoms with Crippen LogP contribution in [0.4, 0.5) is 0 Å². The number of carboxylic acid groups (broad SMARTS) is 1. The van der Waals surface area contributed by atoms with Gasteiger partial charge in [-0.3, -0.25) is 9.69 Å². The van der Waals surface area contributed by atoms with E-state index in [4.69, 9.17) is 5.11 Å². The molecule has 1 unspecified atom stereocenters. The number of hydrogen-bond donors (Lipinski definition) is 2. The monoisotopic (exact) mass is 280 g/mol. The highest BCUT2D eigenvalue weighted by molar-refractivity contribution is 5.69. The van der Waals surface area contributed by atoms with Crippen molar-refractivity contribution in [1.82, 2.24) is 9.80 Å². The summed E-state index contributed by atoms with van der Waals surface area (Å²) in [7, 11) is 3.95. The highest BCUT2D eigenvalue weighted by atomic mass is 16.4. The van der Waals surface area contributed by atoms with Gasteiger partial charge in [0.05, 0.1) is 6.54 Å². The molecule has 0 aliphatic heterocycles. The average Bonchev–Trinajstić information content (AvgIpc) is 2.38. The van der Waals surface area contributed by atoms with Gasteiger partial charge in [-0.1, -0.05) is 19.1 Å². The molecule has 1 aromatic carbocycles. The molecule has 112 valence electrons.